The fourth-order valence-electron chi connectivity index (χ4n) is 2.68. The highest BCUT2D eigenvalue weighted by atomic mass is 32.2. The molecule has 0 aliphatic carbocycles. The monoisotopic (exact) mass is 261 g/mol. The van der Waals surface area contributed by atoms with Gasteiger partial charge < -0.3 is 4.74 Å². The number of hydrogen-bond donors (Lipinski definition) is 0. The van der Waals surface area contributed by atoms with Crippen LogP contribution in [0, 0.1) is 0 Å². The molecule has 2 atom stereocenters. The number of methoxy groups -OCH3 is 1. The zero-order valence-electron chi connectivity index (χ0n) is 10.2. The van der Waals surface area contributed by atoms with Crippen molar-refractivity contribution in [2.75, 3.05) is 7.11 Å². The molecular formula is C14H15NO2S. The molecule has 1 amide bonds. The molecule has 3 rings (SSSR count). The standard InChI is InChI=1S/C14H15NO2S/c1-17-14(16)15-10-7-8-12(15)13(9-10)18-11-5-3-2-4-6-11/h2-6,9-10,12H,7-8H2,1H3. The number of fused-ring (bicyclic) bond motifs is 2. The lowest BCUT2D eigenvalue weighted by Crippen LogP contribution is -2.36. The highest BCUT2D eigenvalue weighted by Crippen LogP contribution is 2.44. The fraction of sp³-hybridized carbons (Fsp3) is 0.357. The van der Waals surface area contributed by atoms with E-state index in [1.54, 1.807) is 11.8 Å². The number of carbonyl (C=O) groups excluding carboxylic acids is 1. The lowest BCUT2D eigenvalue weighted by atomic mass is 10.1. The van der Waals surface area contributed by atoms with Crippen LogP contribution in [0.3, 0.4) is 0 Å². The van der Waals surface area contributed by atoms with Crippen molar-refractivity contribution in [3.05, 3.63) is 41.3 Å². The third-order valence-electron chi connectivity index (χ3n) is 3.48. The van der Waals surface area contributed by atoms with Gasteiger partial charge in [-0.25, -0.2) is 4.79 Å². The van der Waals surface area contributed by atoms with E-state index in [9.17, 15) is 4.79 Å². The molecule has 0 N–H and O–H groups in total. The van der Waals surface area contributed by atoms with E-state index >= 15 is 0 Å². The molecule has 1 saturated heterocycles. The Labute approximate surface area is 111 Å². The zero-order chi connectivity index (χ0) is 12.5. The van der Waals surface area contributed by atoms with Crippen molar-refractivity contribution < 1.29 is 9.53 Å². The van der Waals surface area contributed by atoms with Gasteiger partial charge in [-0.1, -0.05) is 30.0 Å². The molecule has 2 unspecified atom stereocenters. The molecule has 1 fully saturated rings. The third-order valence-corrected chi connectivity index (χ3v) is 4.63. The number of nitrogens with zero attached hydrogens (tertiary/aromatic N) is 1. The van der Waals surface area contributed by atoms with Crippen LogP contribution < -0.4 is 0 Å². The van der Waals surface area contributed by atoms with Crippen molar-refractivity contribution >= 4 is 17.9 Å². The lowest BCUT2D eigenvalue weighted by molar-refractivity contribution is 0.120. The number of thioether (sulfide) groups is 1. The van der Waals surface area contributed by atoms with Gasteiger partial charge in [-0.3, -0.25) is 4.90 Å². The summed E-state index contributed by atoms with van der Waals surface area (Å²) >= 11 is 1.76. The van der Waals surface area contributed by atoms with Gasteiger partial charge in [-0.2, -0.15) is 0 Å². The first kappa shape index (κ1) is 11.7. The predicted molar refractivity (Wildman–Crippen MR) is 71.4 cm³/mol. The van der Waals surface area contributed by atoms with Crippen molar-refractivity contribution in [3.63, 3.8) is 0 Å². The van der Waals surface area contributed by atoms with Crippen LogP contribution in [0.4, 0.5) is 4.79 Å². The summed E-state index contributed by atoms with van der Waals surface area (Å²) in [5.41, 5.74) is 0. The molecule has 2 aliphatic heterocycles. The van der Waals surface area contributed by atoms with Gasteiger partial charge in [0.2, 0.25) is 0 Å². The summed E-state index contributed by atoms with van der Waals surface area (Å²) in [5.74, 6) is 0. The largest absolute Gasteiger partial charge is 0.453 e. The topological polar surface area (TPSA) is 29.5 Å². The molecule has 94 valence electrons. The third kappa shape index (κ3) is 1.90. The van der Waals surface area contributed by atoms with Crippen molar-refractivity contribution in [2.24, 2.45) is 0 Å². The van der Waals surface area contributed by atoms with Gasteiger partial charge >= 0.3 is 6.09 Å². The van der Waals surface area contributed by atoms with Gasteiger partial charge in [0.1, 0.15) is 0 Å². The van der Waals surface area contributed by atoms with Crippen LogP contribution in [0.25, 0.3) is 0 Å². The second-order valence-corrected chi connectivity index (χ2v) is 5.67. The summed E-state index contributed by atoms with van der Waals surface area (Å²) in [6.45, 7) is 0. The van der Waals surface area contributed by atoms with Crippen molar-refractivity contribution in [1.29, 1.82) is 0 Å². The first-order chi connectivity index (χ1) is 8.79. The maximum Gasteiger partial charge on any atom is 0.410 e. The molecule has 0 radical (unpaired) electrons. The van der Waals surface area contributed by atoms with E-state index in [1.807, 2.05) is 23.1 Å². The molecule has 18 heavy (non-hydrogen) atoms. The van der Waals surface area contributed by atoms with Gasteiger partial charge in [-0.15, -0.1) is 0 Å². The molecule has 0 aromatic heterocycles. The zero-order valence-corrected chi connectivity index (χ0v) is 11.0. The van der Waals surface area contributed by atoms with Crippen LogP contribution >= 0.6 is 11.8 Å². The van der Waals surface area contributed by atoms with E-state index < -0.39 is 0 Å². The van der Waals surface area contributed by atoms with Crippen molar-refractivity contribution in [2.45, 2.75) is 29.8 Å². The molecule has 4 heteroatoms. The minimum Gasteiger partial charge on any atom is -0.453 e. The van der Waals surface area contributed by atoms with Gasteiger partial charge in [-0.05, 0) is 31.1 Å². The maximum atomic E-state index is 11.7. The minimum absolute atomic E-state index is 0.206. The van der Waals surface area contributed by atoms with Gasteiger partial charge in [0, 0.05) is 9.80 Å². The smallest absolute Gasteiger partial charge is 0.410 e. The molecule has 1 aromatic carbocycles. The second kappa shape index (κ2) is 4.69. The summed E-state index contributed by atoms with van der Waals surface area (Å²) in [6, 6.07) is 10.7. The molecule has 2 heterocycles. The normalized spacial score (nSPS) is 25.2. The Morgan fingerprint density at radius 3 is 2.83 bits per heavy atom. The van der Waals surface area contributed by atoms with Crippen molar-refractivity contribution in [3.8, 4) is 0 Å². The first-order valence-electron chi connectivity index (χ1n) is 6.10. The summed E-state index contributed by atoms with van der Waals surface area (Å²) in [6.07, 6.45) is 4.11. The van der Waals surface area contributed by atoms with E-state index in [2.05, 4.69) is 18.2 Å². The van der Waals surface area contributed by atoms with Gasteiger partial charge in [0.05, 0.1) is 19.2 Å². The molecule has 3 nitrogen and oxygen atoms in total. The Kier molecular flexibility index (Phi) is 3.04. The average Bonchev–Trinajstić information content (AvgIpc) is 2.96. The Bertz CT molecular complexity index is 486. The van der Waals surface area contributed by atoms with E-state index in [1.165, 1.54) is 16.9 Å². The number of amides is 1. The van der Waals surface area contributed by atoms with Gasteiger partial charge in [0.15, 0.2) is 0 Å². The lowest BCUT2D eigenvalue weighted by Gasteiger charge is -2.21. The van der Waals surface area contributed by atoms with Crippen LogP contribution in [0.2, 0.25) is 0 Å². The fourth-order valence-corrected chi connectivity index (χ4v) is 3.83. The Balaban J connectivity index is 1.77. The highest BCUT2D eigenvalue weighted by molar-refractivity contribution is 8.03. The highest BCUT2D eigenvalue weighted by Gasteiger charge is 2.44. The van der Waals surface area contributed by atoms with E-state index in [4.69, 9.17) is 4.74 Å². The Hall–Kier alpha value is -1.42. The number of benzene rings is 1. The summed E-state index contributed by atoms with van der Waals surface area (Å²) < 4.78 is 4.86. The maximum absolute atomic E-state index is 11.7. The Morgan fingerprint density at radius 1 is 1.33 bits per heavy atom. The molecule has 0 saturated carbocycles. The first-order valence-corrected chi connectivity index (χ1v) is 6.92. The molecule has 2 aliphatic rings. The van der Waals surface area contributed by atoms with Crippen LogP contribution in [-0.4, -0.2) is 30.2 Å². The van der Waals surface area contributed by atoms with E-state index in [0.29, 0.717) is 0 Å². The number of ether oxygens (including phenoxy) is 1. The Morgan fingerprint density at radius 2 is 2.11 bits per heavy atom. The number of rotatable bonds is 2. The average molecular weight is 261 g/mol. The van der Waals surface area contributed by atoms with Crippen LogP contribution in [0.15, 0.2) is 46.2 Å². The molecule has 0 spiro atoms. The summed E-state index contributed by atoms with van der Waals surface area (Å²) in [7, 11) is 1.45. The van der Waals surface area contributed by atoms with Crippen LogP contribution in [-0.2, 0) is 4.74 Å². The quantitative estimate of drug-likeness (QED) is 0.818. The SMILES string of the molecule is COC(=O)N1C2C=C(Sc3ccccc3)C1CC2. The predicted octanol–water partition coefficient (Wildman–Crippen LogP) is 3.28. The van der Waals surface area contributed by atoms with Gasteiger partial charge in [0.25, 0.3) is 0 Å². The number of carbonyl (C=O) groups is 1. The molecule has 1 aromatic rings. The summed E-state index contributed by atoms with van der Waals surface area (Å²) in [4.78, 5) is 16.1. The number of hydrogen-bond acceptors (Lipinski definition) is 3. The van der Waals surface area contributed by atoms with Crippen LogP contribution in [0.1, 0.15) is 12.8 Å². The second-order valence-electron chi connectivity index (χ2n) is 4.52. The van der Waals surface area contributed by atoms with Crippen molar-refractivity contribution in [1.82, 2.24) is 4.90 Å². The molecular weight excluding hydrogens is 246 g/mol. The van der Waals surface area contributed by atoms with Crippen LogP contribution in [0.5, 0.6) is 0 Å². The van der Waals surface area contributed by atoms with E-state index in [0.717, 1.165) is 12.8 Å². The van der Waals surface area contributed by atoms with E-state index in [-0.39, 0.29) is 18.2 Å². The minimum atomic E-state index is -0.206. The molecule has 2 bridgehead atoms. The summed E-state index contributed by atoms with van der Waals surface area (Å²) in [5, 5.41) is 0.